The minimum atomic E-state index is 0.238. The van der Waals surface area contributed by atoms with Crippen LogP contribution in [0, 0.1) is 0 Å². The van der Waals surface area contributed by atoms with Crippen LogP contribution >= 0.6 is 0 Å². The van der Waals surface area contributed by atoms with Gasteiger partial charge in [-0.1, -0.05) is 31.2 Å². The van der Waals surface area contributed by atoms with E-state index in [4.69, 9.17) is 0 Å². The number of nitrogens with zero attached hydrogens (tertiary/aromatic N) is 1. The van der Waals surface area contributed by atoms with Gasteiger partial charge in [0.15, 0.2) is 0 Å². The Morgan fingerprint density at radius 1 is 1.21 bits per heavy atom. The summed E-state index contributed by atoms with van der Waals surface area (Å²) in [4.78, 5) is 2.53. The maximum absolute atomic E-state index is 9.30. The summed E-state index contributed by atoms with van der Waals surface area (Å²) in [7, 11) is 0. The predicted molar refractivity (Wildman–Crippen MR) is 79.5 cm³/mol. The van der Waals surface area contributed by atoms with Gasteiger partial charge < -0.3 is 15.3 Å². The number of hydrogen-bond donors (Lipinski definition) is 2. The third-order valence-electron chi connectivity index (χ3n) is 4.02. The van der Waals surface area contributed by atoms with Crippen LogP contribution in [0.15, 0.2) is 24.3 Å². The van der Waals surface area contributed by atoms with Gasteiger partial charge in [-0.3, -0.25) is 0 Å². The van der Waals surface area contributed by atoms with Crippen LogP contribution in [0.4, 0.5) is 0 Å². The van der Waals surface area contributed by atoms with E-state index in [0.29, 0.717) is 0 Å². The van der Waals surface area contributed by atoms with Crippen molar-refractivity contribution in [3.63, 3.8) is 0 Å². The maximum Gasteiger partial charge on any atom is 0.0585 e. The second kappa shape index (κ2) is 7.63. The molecular weight excluding hydrogens is 236 g/mol. The van der Waals surface area contributed by atoms with E-state index in [1.54, 1.807) is 0 Å². The Hall–Kier alpha value is -0.900. The van der Waals surface area contributed by atoms with Gasteiger partial charge in [-0.15, -0.1) is 0 Å². The number of hydrogen-bond acceptors (Lipinski definition) is 3. The van der Waals surface area contributed by atoms with Crippen molar-refractivity contribution in [2.75, 3.05) is 32.8 Å². The summed E-state index contributed by atoms with van der Waals surface area (Å²) in [6.07, 6.45) is 3.34. The van der Waals surface area contributed by atoms with Gasteiger partial charge >= 0.3 is 0 Å². The van der Waals surface area contributed by atoms with Crippen LogP contribution in [0.2, 0.25) is 0 Å². The van der Waals surface area contributed by atoms with E-state index < -0.39 is 0 Å². The second-order valence-corrected chi connectivity index (χ2v) is 5.34. The minimum absolute atomic E-state index is 0.238. The Morgan fingerprint density at radius 3 is 2.37 bits per heavy atom. The lowest BCUT2D eigenvalue weighted by Crippen LogP contribution is -2.37. The molecule has 0 radical (unpaired) electrons. The molecule has 3 nitrogen and oxygen atoms in total. The lowest BCUT2D eigenvalue weighted by Gasteiger charge is -2.23. The molecule has 0 saturated heterocycles. The minimum Gasteiger partial charge on any atom is -0.395 e. The lowest BCUT2D eigenvalue weighted by atomic mass is 10.0. The molecule has 1 atom stereocenters. The molecule has 1 aromatic rings. The number of benzene rings is 1. The highest BCUT2D eigenvalue weighted by Gasteiger charge is 2.14. The third kappa shape index (κ3) is 4.30. The average molecular weight is 262 g/mol. The smallest absolute Gasteiger partial charge is 0.0585 e. The molecule has 3 heteroatoms. The summed E-state index contributed by atoms with van der Waals surface area (Å²) < 4.78 is 0. The van der Waals surface area contributed by atoms with Gasteiger partial charge in [0, 0.05) is 19.1 Å². The number of aliphatic hydroxyl groups is 1. The Balaban J connectivity index is 1.81. The molecule has 2 N–H and O–H groups in total. The van der Waals surface area contributed by atoms with Gasteiger partial charge in [-0.25, -0.2) is 0 Å². The van der Waals surface area contributed by atoms with Crippen molar-refractivity contribution < 1.29 is 5.11 Å². The van der Waals surface area contributed by atoms with Crippen molar-refractivity contribution in [2.45, 2.75) is 32.2 Å². The van der Waals surface area contributed by atoms with Crippen LogP contribution in [0.1, 0.15) is 24.5 Å². The molecule has 0 bridgehead atoms. The van der Waals surface area contributed by atoms with E-state index in [0.717, 1.165) is 45.4 Å². The van der Waals surface area contributed by atoms with Gasteiger partial charge in [-0.2, -0.15) is 0 Å². The molecule has 1 aliphatic heterocycles. The molecule has 106 valence electrons. The fraction of sp³-hybridized carbons (Fsp3) is 0.625. The molecule has 1 aliphatic rings. The molecule has 0 fully saturated rings. The van der Waals surface area contributed by atoms with Crippen LogP contribution < -0.4 is 5.32 Å². The highest BCUT2D eigenvalue weighted by atomic mass is 16.3. The van der Waals surface area contributed by atoms with E-state index in [1.807, 2.05) is 0 Å². The zero-order valence-corrected chi connectivity index (χ0v) is 11.9. The first-order valence-electron chi connectivity index (χ1n) is 7.47. The summed E-state index contributed by atoms with van der Waals surface area (Å²) >= 11 is 0. The normalized spacial score (nSPS) is 17.8. The standard InChI is InChI=1S/C16H26N2O/c1-2-17-16(13-19)9-12-18-10-7-14-5-3-4-6-15(14)8-11-18/h3-6,16-17,19H,2,7-13H2,1H3. The van der Waals surface area contributed by atoms with Crippen LogP contribution in [-0.4, -0.2) is 48.8 Å². The summed E-state index contributed by atoms with van der Waals surface area (Å²) in [5.41, 5.74) is 3.02. The molecule has 19 heavy (non-hydrogen) atoms. The molecule has 0 aromatic heterocycles. The number of likely N-dealkylation sites (N-methyl/N-ethyl adjacent to an activating group) is 1. The van der Waals surface area contributed by atoms with Crippen LogP contribution in [0.25, 0.3) is 0 Å². The third-order valence-corrected chi connectivity index (χ3v) is 4.02. The van der Waals surface area contributed by atoms with E-state index in [1.165, 1.54) is 11.1 Å². The largest absolute Gasteiger partial charge is 0.395 e. The molecule has 0 saturated carbocycles. The highest BCUT2D eigenvalue weighted by molar-refractivity contribution is 5.28. The van der Waals surface area contributed by atoms with Crippen LogP contribution in [-0.2, 0) is 12.8 Å². The second-order valence-electron chi connectivity index (χ2n) is 5.34. The molecule has 1 aromatic carbocycles. The average Bonchev–Trinajstić information content (AvgIpc) is 2.66. The summed E-state index contributed by atoms with van der Waals surface area (Å²) in [6.45, 7) is 6.61. The van der Waals surface area contributed by atoms with Crippen LogP contribution in [0.3, 0.4) is 0 Å². The molecule has 0 aliphatic carbocycles. The Bertz CT molecular complexity index is 354. The quantitative estimate of drug-likeness (QED) is 0.814. The summed E-state index contributed by atoms with van der Waals surface area (Å²) in [5, 5.41) is 12.6. The summed E-state index contributed by atoms with van der Waals surface area (Å²) in [5.74, 6) is 0. The zero-order valence-electron chi connectivity index (χ0n) is 11.9. The Morgan fingerprint density at radius 2 is 1.84 bits per heavy atom. The number of fused-ring (bicyclic) bond motifs is 1. The molecule has 1 heterocycles. The van der Waals surface area contributed by atoms with Gasteiger partial charge in [0.2, 0.25) is 0 Å². The Labute approximate surface area is 116 Å². The monoisotopic (exact) mass is 262 g/mol. The van der Waals surface area contributed by atoms with Gasteiger partial charge in [-0.05, 0) is 43.5 Å². The SMILES string of the molecule is CCNC(CO)CCN1CCc2ccccc2CC1. The first-order valence-corrected chi connectivity index (χ1v) is 7.47. The topological polar surface area (TPSA) is 35.5 Å². The van der Waals surface area contributed by atoms with E-state index in [9.17, 15) is 5.11 Å². The van der Waals surface area contributed by atoms with Crippen molar-refractivity contribution >= 4 is 0 Å². The van der Waals surface area contributed by atoms with Crippen molar-refractivity contribution in [1.82, 2.24) is 10.2 Å². The van der Waals surface area contributed by atoms with Crippen molar-refractivity contribution in [3.8, 4) is 0 Å². The fourth-order valence-electron chi connectivity index (χ4n) is 2.82. The molecule has 0 spiro atoms. The van der Waals surface area contributed by atoms with E-state index in [-0.39, 0.29) is 12.6 Å². The zero-order chi connectivity index (χ0) is 13.5. The van der Waals surface area contributed by atoms with Gasteiger partial charge in [0.25, 0.3) is 0 Å². The first kappa shape index (κ1) is 14.5. The summed E-state index contributed by atoms with van der Waals surface area (Å²) in [6, 6.07) is 9.04. The fourth-order valence-corrected chi connectivity index (χ4v) is 2.82. The van der Waals surface area contributed by atoms with Crippen molar-refractivity contribution in [3.05, 3.63) is 35.4 Å². The van der Waals surface area contributed by atoms with E-state index >= 15 is 0 Å². The maximum atomic E-state index is 9.30. The number of nitrogens with one attached hydrogen (secondary N) is 1. The van der Waals surface area contributed by atoms with Crippen molar-refractivity contribution in [2.24, 2.45) is 0 Å². The molecule has 2 rings (SSSR count). The first-order chi connectivity index (χ1) is 9.33. The molecular formula is C16H26N2O. The number of aliphatic hydroxyl groups excluding tert-OH is 1. The Kier molecular flexibility index (Phi) is 5.83. The highest BCUT2D eigenvalue weighted by Crippen LogP contribution is 2.15. The predicted octanol–water partition coefficient (Wildman–Crippen LogP) is 1.45. The van der Waals surface area contributed by atoms with E-state index in [2.05, 4.69) is 41.4 Å². The lowest BCUT2D eigenvalue weighted by molar-refractivity contribution is 0.209. The molecule has 1 unspecified atom stereocenters. The van der Waals surface area contributed by atoms with Crippen molar-refractivity contribution in [1.29, 1.82) is 0 Å². The van der Waals surface area contributed by atoms with Gasteiger partial charge in [0.1, 0.15) is 0 Å². The number of rotatable bonds is 6. The molecule has 0 amide bonds. The van der Waals surface area contributed by atoms with Crippen LogP contribution in [0.5, 0.6) is 0 Å². The van der Waals surface area contributed by atoms with Gasteiger partial charge in [0.05, 0.1) is 6.61 Å².